The van der Waals surface area contributed by atoms with Gasteiger partial charge in [0, 0.05) is 31.7 Å². The fourth-order valence-corrected chi connectivity index (χ4v) is 3.08. The van der Waals surface area contributed by atoms with Crippen molar-refractivity contribution in [2.75, 3.05) is 26.4 Å². The van der Waals surface area contributed by atoms with Crippen molar-refractivity contribution in [3.8, 4) is 0 Å². The summed E-state index contributed by atoms with van der Waals surface area (Å²) in [4.78, 5) is 14.0. The average Bonchev–Trinajstić information content (AvgIpc) is 3.08. The van der Waals surface area contributed by atoms with Crippen molar-refractivity contribution in [3.05, 3.63) is 48.7 Å². The van der Waals surface area contributed by atoms with Crippen LogP contribution < -0.4 is 0 Å². The van der Waals surface area contributed by atoms with Gasteiger partial charge < -0.3 is 18.8 Å². The molecule has 1 amide bonds. The molecule has 1 aromatic heterocycles. The Balaban J connectivity index is 1.61. The molecule has 1 saturated heterocycles. The number of rotatable bonds is 7. The van der Waals surface area contributed by atoms with Crippen LogP contribution in [0.15, 0.2) is 47.6 Å². The van der Waals surface area contributed by atoms with E-state index in [0.717, 1.165) is 42.6 Å². The number of benzene rings is 1. The van der Waals surface area contributed by atoms with Crippen LogP contribution in [0.3, 0.4) is 0 Å². The fourth-order valence-electron chi connectivity index (χ4n) is 3.08. The second-order valence-electron chi connectivity index (χ2n) is 6.67. The van der Waals surface area contributed by atoms with Gasteiger partial charge in [0.15, 0.2) is 0 Å². The lowest BCUT2D eigenvalue weighted by Crippen LogP contribution is -2.39. The molecule has 0 N–H and O–H groups in total. The highest BCUT2D eigenvalue weighted by atomic mass is 16.5. The fraction of sp³-hybridized carbons (Fsp3) is 0.450. The number of hydrogen-bond acceptors (Lipinski definition) is 4. The molecule has 5 nitrogen and oxygen atoms in total. The van der Waals surface area contributed by atoms with Crippen molar-refractivity contribution in [1.82, 2.24) is 4.90 Å². The lowest BCUT2D eigenvalue weighted by Gasteiger charge is -2.34. The van der Waals surface area contributed by atoms with E-state index in [2.05, 4.69) is 13.5 Å². The van der Waals surface area contributed by atoms with E-state index in [1.54, 1.807) is 11.2 Å². The first kappa shape index (κ1) is 17.7. The van der Waals surface area contributed by atoms with E-state index in [0.29, 0.717) is 19.7 Å². The summed E-state index contributed by atoms with van der Waals surface area (Å²) in [5.74, 6) is -0.0898. The summed E-state index contributed by atoms with van der Waals surface area (Å²) in [6, 6.07) is 7.88. The minimum Gasteiger partial charge on any atom is -0.464 e. The molecule has 1 aliphatic rings. The van der Waals surface area contributed by atoms with E-state index in [9.17, 15) is 4.79 Å². The summed E-state index contributed by atoms with van der Waals surface area (Å²) in [7, 11) is 0. The van der Waals surface area contributed by atoms with E-state index >= 15 is 0 Å². The van der Waals surface area contributed by atoms with Crippen molar-refractivity contribution in [2.45, 2.75) is 31.9 Å². The van der Waals surface area contributed by atoms with Crippen molar-refractivity contribution >= 4 is 16.9 Å². The van der Waals surface area contributed by atoms with E-state index in [1.165, 1.54) is 6.08 Å². The number of carbonyl (C=O) groups excluding carboxylic acids is 1. The Morgan fingerprint density at radius 3 is 2.92 bits per heavy atom. The third-order valence-corrected chi connectivity index (χ3v) is 4.74. The molecule has 134 valence electrons. The molecule has 0 spiro atoms. The predicted octanol–water partition coefficient (Wildman–Crippen LogP) is 3.53. The van der Waals surface area contributed by atoms with Gasteiger partial charge in [-0.3, -0.25) is 4.79 Å². The molecule has 0 saturated carbocycles. The Bertz CT molecular complexity index is 730. The molecule has 0 radical (unpaired) electrons. The van der Waals surface area contributed by atoms with Crippen LogP contribution >= 0.6 is 0 Å². The van der Waals surface area contributed by atoms with Crippen LogP contribution in [0.25, 0.3) is 11.0 Å². The zero-order valence-corrected chi connectivity index (χ0v) is 14.7. The van der Waals surface area contributed by atoms with Gasteiger partial charge in [0.25, 0.3) is 0 Å². The molecule has 0 atom stereocenters. The van der Waals surface area contributed by atoms with Crippen molar-refractivity contribution in [2.24, 2.45) is 0 Å². The van der Waals surface area contributed by atoms with Crippen LogP contribution in [0, 0.1) is 0 Å². The molecule has 2 aromatic rings. The van der Waals surface area contributed by atoms with Gasteiger partial charge in [0.2, 0.25) is 5.91 Å². The summed E-state index contributed by atoms with van der Waals surface area (Å²) in [6.07, 6.45) is 4.80. The molecule has 0 bridgehead atoms. The van der Waals surface area contributed by atoms with E-state index < -0.39 is 0 Å². The Morgan fingerprint density at radius 1 is 1.36 bits per heavy atom. The smallest absolute Gasteiger partial charge is 0.246 e. The maximum Gasteiger partial charge on any atom is 0.246 e. The van der Waals surface area contributed by atoms with Crippen LogP contribution in [-0.2, 0) is 20.8 Å². The minimum atomic E-state index is -0.156. The SMILES string of the molecule is C=CC(=O)N(CCOC1(C)CCOCC1)Cc1ccc2occc2c1. The quantitative estimate of drug-likeness (QED) is 0.722. The number of hydrogen-bond donors (Lipinski definition) is 0. The number of ether oxygens (including phenoxy) is 2. The van der Waals surface area contributed by atoms with E-state index in [1.807, 2.05) is 24.3 Å². The second-order valence-corrected chi connectivity index (χ2v) is 6.67. The first-order valence-corrected chi connectivity index (χ1v) is 8.69. The first-order valence-electron chi connectivity index (χ1n) is 8.69. The number of amides is 1. The Labute approximate surface area is 148 Å². The topological polar surface area (TPSA) is 51.9 Å². The largest absolute Gasteiger partial charge is 0.464 e. The van der Waals surface area contributed by atoms with Gasteiger partial charge in [-0.15, -0.1) is 0 Å². The number of furan rings is 1. The van der Waals surface area contributed by atoms with Gasteiger partial charge in [-0.2, -0.15) is 0 Å². The Hall–Kier alpha value is -2.11. The molecule has 3 rings (SSSR count). The summed E-state index contributed by atoms with van der Waals surface area (Å²) >= 11 is 0. The lowest BCUT2D eigenvalue weighted by atomic mass is 9.97. The molecule has 1 aromatic carbocycles. The molecule has 5 heteroatoms. The maximum atomic E-state index is 12.2. The summed E-state index contributed by atoms with van der Waals surface area (Å²) < 4.78 is 16.8. The van der Waals surface area contributed by atoms with Crippen molar-refractivity contribution in [3.63, 3.8) is 0 Å². The van der Waals surface area contributed by atoms with E-state index in [4.69, 9.17) is 13.9 Å². The zero-order chi connectivity index (χ0) is 17.7. The minimum absolute atomic E-state index is 0.0898. The van der Waals surface area contributed by atoms with Gasteiger partial charge in [-0.1, -0.05) is 12.6 Å². The van der Waals surface area contributed by atoms with Crippen LogP contribution in [0.1, 0.15) is 25.3 Å². The highest BCUT2D eigenvalue weighted by Gasteiger charge is 2.28. The van der Waals surface area contributed by atoms with Gasteiger partial charge >= 0.3 is 0 Å². The van der Waals surface area contributed by atoms with E-state index in [-0.39, 0.29) is 11.5 Å². The zero-order valence-electron chi connectivity index (χ0n) is 14.7. The summed E-state index contributed by atoms with van der Waals surface area (Å²) in [5, 5.41) is 1.04. The van der Waals surface area contributed by atoms with Crippen LogP contribution in [-0.4, -0.2) is 42.8 Å². The Kier molecular flexibility index (Phi) is 5.56. The van der Waals surface area contributed by atoms with Crippen LogP contribution in [0.5, 0.6) is 0 Å². The van der Waals surface area contributed by atoms with Crippen LogP contribution in [0.4, 0.5) is 0 Å². The average molecular weight is 343 g/mol. The standard InChI is InChI=1S/C20H25NO4/c1-3-19(22)21(9-13-25-20(2)7-11-23-12-8-20)15-16-4-5-18-17(14-16)6-10-24-18/h3-6,10,14H,1,7-9,11-13,15H2,2H3. The molecule has 1 fully saturated rings. The molecule has 0 aliphatic carbocycles. The Morgan fingerprint density at radius 2 is 2.16 bits per heavy atom. The normalized spacial score (nSPS) is 16.7. The molecule has 1 aliphatic heterocycles. The molecule has 25 heavy (non-hydrogen) atoms. The third-order valence-electron chi connectivity index (χ3n) is 4.74. The summed E-state index contributed by atoms with van der Waals surface area (Å²) in [6.45, 7) is 8.75. The lowest BCUT2D eigenvalue weighted by molar-refractivity contribution is -0.131. The number of carbonyl (C=O) groups is 1. The monoisotopic (exact) mass is 343 g/mol. The molecule has 2 heterocycles. The third kappa shape index (κ3) is 4.50. The highest BCUT2D eigenvalue weighted by Crippen LogP contribution is 2.24. The summed E-state index contributed by atoms with van der Waals surface area (Å²) in [5.41, 5.74) is 1.75. The van der Waals surface area contributed by atoms with Gasteiger partial charge in [-0.05, 0) is 49.6 Å². The van der Waals surface area contributed by atoms with Gasteiger partial charge in [0.1, 0.15) is 5.58 Å². The maximum absolute atomic E-state index is 12.2. The van der Waals surface area contributed by atoms with Crippen molar-refractivity contribution < 1.29 is 18.7 Å². The van der Waals surface area contributed by atoms with Crippen molar-refractivity contribution in [1.29, 1.82) is 0 Å². The first-order chi connectivity index (χ1) is 12.1. The van der Waals surface area contributed by atoms with Gasteiger partial charge in [-0.25, -0.2) is 0 Å². The second kappa shape index (κ2) is 7.85. The highest BCUT2D eigenvalue weighted by molar-refractivity contribution is 5.87. The molecular weight excluding hydrogens is 318 g/mol. The number of fused-ring (bicyclic) bond motifs is 1. The molecular formula is C20H25NO4. The molecule has 0 unspecified atom stereocenters. The predicted molar refractivity (Wildman–Crippen MR) is 96.2 cm³/mol. The number of nitrogens with zero attached hydrogens (tertiary/aromatic N) is 1. The van der Waals surface area contributed by atoms with Crippen LogP contribution in [0.2, 0.25) is 0 Å². The van der Waals surface area contributed by atoms with Gasteiger partial charge in [0.05, 0.1) is 18.5 Å².